The molecule has 0 amide bonds. The molecule has 1 nitrogen and oxygen atoms in total. The van der Waals surface area contributed by atoms with Gasteiger partial charge in [0.15, 0.2) is 0 Å². The van der Waals surface area contributed by atoms with Gasteiger partial charge in [-0.2, -0.15) is 0 Å². The first-order valence-corrected chi connectivity index (χ1v) is 8.82. The van der Waals surface area contributed by atoms with E-state index in [-0.39, 0.29) is 0 Å². The number of nitrogens with one attached hydrogen (secondary N) is 1. The summed E-state index contributed by atoms with van der Waals surface area (Å²) in [6.07, 6.45) is 11.4. The van der Waals surface area contributed by atoms with Gasteiger partial charge < -0.3 is 5.32 Å². The van der Waals surface area contributed by atoms with Crippen LogP contribution in [-0.4, -0.2) is 13.1 Å². The van der Waals surface area contributed by atoms with Gasteiger partial charge in [-0.1, -0.05) is 26.2 Å². The van der Waals surface area contributed by atoms with Crippen LogP contribution in [0.3, 0.4) is 0 Å². The van der Waals surface area contributed by atoms with Crippen molar-refractivity contribution in [2.75, 3.05) is 13.1 Å². The van der Waals surface area contributed by atoms with E-state index in [4.69, 9.17) is 0 Å². The second-order valence-electron chi connectivity index (χ2n) is 6.18. The maximum Gasteiger partial charge on any atom is 0.00482 e. The molecule has 0 atom stereocenters. The van der Waals surface area contributed by atoms with Crippen molar-refractivity contribution in [3.05, 3.63) is 21.9 Å². The smallest absolute Gasteiger partial charge is 0.00482 e. The van der Waals surface area contributed by atoms with Crippen LogP contribution < -0.4 is 5.32 Å². The van der Waals surface area contributed by atoms with Crippen molar-refractivity contribution in [2.45, 2.75) is 65.2 Å². The van der Waals surface area contributed by atoms with Crippen molar-refractivity contribution in [1.82, 2.24) is 5.32 Å². The molecular formula is C17H29NS. The Labute approximate surface area is 122 Å². The highest BCUT2D eigenvalue weighted by Gasteiger charge is 2.31. The first-order chi connectivity index (χ1) is 9.24. The molecule has 2 rings (SSSR count). The fraction of sp³-hybridized carbons (Fsp3) is 0.765. The largest absolute Gasteiger partial charge is 0.317 e. The van der Waals surface area contributed by atoms with Gasteiger partial charge in [0, 0.05) is 9.75 Å². The van der Waals surface area contributed by atoms with E-state index in [0.717, 1.165) is 6.54 Å². The molecule has 0 unspecified atom stereocenters. The summed E-state index contributed by atoms with van der Waals surface area (Å²) in [5, 5.41) is 3.53. The van der Waals surface area contributed by atoms with E-state index in [1.54, 1.807) is 4.88 Å². The van der Waals surface area contributed by atoms with E-state index < -0.39 is 0 Å². The van der Waals surface area contributed by atoms with Crippen LogP contribution in [0.15, 0.2) is 12.1 Å². The fourth-order valence-electron chi connectivity index (χ4n) is 3.46. The standard InChI is InChI=1S/C17H29NS/c1-3-18-14-13-17(10-5-4-6-11-17)12-9-16-8-7-15(2)19-16/h7-8,18H,3-6,9-14H2,1-2H3. The fourth-order valence-corrected chi connectivity index (χ4v) is 4.35. The van der Waals surface area contributed by atoms with Gasteiger partial charge in [0.1, 0.15) is 0 Å². The van der Waals surface area contributed by atoms with Gasteiger partial charge in [-0.25, -0.2) is 0 Å². The molecule has 1 aromatic heterocycles. The first kappa shape index (κ1) is 15.1. The van der Waals surface area contributed by atoms with E-state index >= 15 is 0 Å². The zero-order chi connectivity index (χ0) is 13.6. The molecule has 0 spiro atoms. The van der Waals surface area contributed by atoms with Crippen LogP contribution in [0.4, 0.5) is 0 Å². The second-order valence-corrected chi connectivity index (χ2v) is 7.55. The zero-order valence-corrected chi connectivity index (χ0v) is 13.5. The summed E-state index contributed by atoms with van der Waals surface area (Å²) in [7, 11) is 0. The van der Waals surface area contributed by atoms with Crippen molar-refractivity contribution < 1.29 is 0 Å². The summed E-state index contributed by atoms with van der Waals surface area (Å²) in [6.45, 7) is 6.75. The SMILES string of the molecule is CCNCCC1(CCc2ccc(C)s2)CCCCC1. The molecule has 0 aliphatic heterocycles. The van der Waals surface area contributed by atoms with Crippen LogP contribution in [0.25, 0.3) is 0 Å². The second kappa shape index (κ2) is 7.44. The van der Waals surface area contributed by atoms with Crippen molar-refractivity contribution in [1.29, 1.82) is 0 Å². The predicted octanol–water partition coefficient (Wildman–Crippen LogP) is 4.94. The Bertz CT molecular complexity index is 363. The van der Waals surface area contributed by atoms with E-state index in [0.29, 0.717) is 5.41 Å². The zero-order valence-electron chi connectivity index (χ0n) is 12.6. The molecule has 1 fully saturated rings. The molecule has 108 valence electrons. The van der Waals surface area contributed by atoms with Gasteiger partial charge >= 0.3 is 0 Å². The number of hydrogen-bond acceptors (Lipinski definition) is 2. The lowest BCUT2D eigenvalue weighted by atomic mass is 9.69. The molecule has 0 aromatic carbocycles. The molecule has 1 N–H and O–H groups in total. The summed E-state index contributed by atoms with van der Waals surface area (Å²) in [4.78, 5) is 3.05. The summed E-state index contributed by atoms with van der Waals surface area (Å²) in [5.74, 6) is 0. The van der Waals surface area contributed by atoms with Gasteiger partial charge in [-0.15, -0.1) is 11.3 Å². The predicted molar refractivity (Wildman–Crippen MR) is 86.1 cm³/mol. The molecule has 2 heteroatoms. The quantitative estimate of drug-likeness (QED) is 0.697. The van der Waals surface area contributed by atoms with E-state index in [2.05, 4.69) is 31.3 Å². The minimum atomic E-state index is 0.637. The molecular weight excluding hydrogens is 250 g/mol. The molecule has 0 bridgehead atoms. The van der Waals surface area contributed by atoms with E-state index in [1.165, 1.54) is 62.8 Å². The lowest BCUT2D eigenvalue weighted by Crippen LogP contribution is -2.29. The van der Waals surface area contributed by atoms with Gasteiger partial charge in [-0.05, 0) is 69.7 Å². The minimum absolute atomic E-state index is 0.637. The van der Waals surface area contributed by atoms with Gasteiger partial charge in [0.2, 0.25) is 0 Å². The van der Waals surface area contributed by atoms with E-state index in [9.17, 15) is 0 Å². The van der Waals surface area contributed by atoms with Crippen LogP contribution in [-0.2, 0) is 6.42 Å². The average molecular weight is 279 g/mol. The Balaban J connectivity index is 1.89. The molecule has 1 saturated carbocycles. The van der Waals surface area contributed by atoms with Crippen molar-refractivity contribution in [3.8, 4) is 0 Å². The highest BCUT2D eigenvalue weighted by Crippen LogP contribution is 2.43. The highest BCUT2D eigenvalue weighted by molar-refractivity contribution is 7.11. The molecule has 19 heavy (non-hydrogen) atoms. The monoisotopic (exact) mass is 279 g/mol. The molecule has 0 saturated heterocycles. The topological polar surface area (TPSA) is 12.0 Å². The van der Waals surface area contributed by atoms with E-state index in [1.807, 2.05) is 11.3 Å². The Kier molecular flexibility index (Phi) is 5.90. The molecule has 0 radical (unpaired) electrons. The minimum Gasteiger partial charge on any atom is -0.317 e. The third-order valence-electron chi connectivity index (χ3n) is 4.69. The lowest BCUT2D eigenvalue weighted by molar-refractivity contribution is 0.157. The van der Waals surface area contributed by atoms with Gasteiger partial charge in [0.05, 0.1) is 0 Å². The highest BCUT2D eigenvalue weighted by atomic mass is 32.1. The Hall–Kier alpha value is -0.340. The maximum absolute atomic E-state index is 3.53. The van der Waals surface area contributed by atoms with Crippen molar-refractivity contribution in [2.24, 2.45) is 5.41 Å². The average Bonchev–Trinajstić information content (AvgIpc) is 2.84. The summed E-state index contributed by atoms with van der Waals surface area (Å²) in [6, 6.07) is 4.60. The third kappa shape index (κ3) is 4.61. The number of rotatable bonds is 7. The van der Waals surface area contributed by atoms with Crippen LogP contribution in [0.5, 0.6) is 0 Å². The first-order valence-electron chi connectivity index (χ1n) is 8.00. The third-order valence-corrected chi connectivity index (χ3v) is 5.75. The Morgan fingerprint density at radius 1 is 1.16 bits per heavy atom. The van der Waals surface area contributed by atoms with Crippen molar-refractivity contribution in [3.63, 3.8) is 0 Å². The Morgan fingerprint density at radius 2 is 1.95 bits per heavy atom. The lowest BCUT2D eigenvalue weighted by Gasteiger charge is -2.37. The van der Waals surface area contributed by atoms with Crippen LogP contribution in [0, 0.1) is 12.3 Å². The van der Waals surface area contributed by atoms with Crippen molar-refractivity contribution >= 4 is 11.3 Å². The summed E-state index contributed by atoms with van der Waals surface area (Å²) in [5.41, 5.74) is 0.637. The number of hydrogen-bond donors (Lipinski definition) is 1. The maximum atomic E-state index is 3.53. The van der Waals surface area contributed by atoms with Gasteiger partial charge in [-0.3, -0.25) is 0 Å². The summed E-state index contributed by atoms with van der Waals surface area (Å²) < 4.78 is 0. The molecule has 1 heterocycles. The molecule has 1 aliphatic carbocycles. The van der Waals surface area contributed by atoms with Gasteiger partial charge in [0.25, 0.3) is 0 Å². The van der Waals surface area contributed by atoms with Crippen LogP contribution in [0.1, 0.15) is 61.6 Å². The summed E-state index contributed by atoms with van der Waals surface area (Å²) >= 11 is 1.99. The molecule has 1 aromatic rings. The number of aryl methyl sites for hydroxylation is 2. The Morgan fingerprint density at radius 3 is 2.58 bits per heavy atom. The number of thiophene rings is 1. The van der Waals surface area contributed by atoms with Crippen LogP contribution >= 0.6 is 11.3 Å². The molecule has 1 aliphatic rings. The normalized spacial score (nSPS) is 18.6. The van der Waals surface area contributed by atoms with Crippen LogP contribution in [0.2, 0.25) is 0 Å².